The summed E-state index contributed by atoms with van der Waals surface area (Å²) in [5, 5.41) is 25.1. The number of phenols is 2. The van der Waals surface area contributed by atoms with Gasteiger partial charge >= 0.3 is 0 Å². The van der Waals surface area contributed by atoms with Crippen LogP contribution in [0, 0.1) is 0 Å². The molecule has 39 heavy (non-hydrogen) atoms. The van der Waals surface area contributed by atoms with Crippen LogP contribution in [-0.2, 0) is 30.6 Å². The molecule has 0 fully saturated rings. The summed E-state index contributed by atoms with van der Waals surface area (Å²) < 4.78 is 0. The van der Waals surface area contributed by atoms with E-state index in [2.05, 4.69) is 45.9 Å². The molecule has 5 aromatic carbocycles. The van der Waals surface area contributed by atoms with Crippen molar-refractivity contribution in [3.8, 4) is 11.5 Å². The average molecular weight is 566 g/mol. The number of hydrogen-bond acceptors (Lipinski definition) is 4. The van der Waals surface area contributed by atoms with E-state index in [0.717, 1.165) is 32.7 Å². The summed E-state index contributed by atoms with van der Waals surface area (Å²) in [6.45, 7) is 8.26. The number of phenolic OH excluding ortho intramolecular Hbond substituents is 2. The molecular formula is C34H32N2O2Zn. The number of aliphatic imine (C=N–C) groups is 2. The van der Waals surface area contributed by atoms with Crippen LogP contribution in [0.4, 0.5) is 0 Å². The van der Waals surface area contributed by atoms with E-state index in [-0.39, 0.29) is 31.0 Å². The van der Waals surface area contributed by atoms with Gasteiger partial charge in [0.15, 0.2) is 0 Å². The van der Waals surface area contributed by atoms with Gasteiger partial charge in [0.05, 0.1) is 11.1 Å². The van der Waals surface area contributed by atoms with Gasteiger partial charge in [0.1, 0.15) is 11.5 Å². The maximum Gasteiger partial charge on any atom is 0.124 e. The van der Waals surface area contributed by atoms with Crippen molar-refractivity contribution in [2.75, 3.05) is 0 Å². The quantitative estimate of drug-likeness (QED) is 0.161. The Hall–Kier alpha value is -3.82. The second kappa shape index (κ2) is 11.1. The number of nitrogens with zero attached hydrogens (tertiary/aromatic N) is 2. The zero-order chi connectivity index (χ0) is 26.9. The molecule has 0 unspecified atom stereocenters. The van der Waals surface area contributed by atoms with Crippen molar-refractivity contribution in [1.29, 1.82) is 0 Å². The van der Waals surface area contributed by atoms with E-state index in [1.54, 1.807) is 24.6 Å². The van der Waals surface area contributed by atoms with Crippen molar-refractivity contribution in [1.82, 2.24) is 0 Å². The molecule has 5 aromatic rings. The first-order chi connectivity index (χ1) is 18.2. The van der Waals surface area contributed by atoms with Crippen LogP contribution in [0.15, 0.2) is 107 Å². The summed E-state index contributed by atoms with van der Waals surface area (Å²) in [5.74, 6) is 0.424. The first kappa shape index (κ1) is 28.2. The summed E-state index contributed by atoms with van der Waals surface area (Å²) in [4.78, 5) is 9.83. The number of benzene rings is 5. The largest absolute Gasteiger partial charge is 0.507 e. The SMILES string of the molecule is CC(C)(N=Cc1c(O)ccc2ccccc12)c1cccc(C(C)(C)N=Cc2c(O)ccc3ccccc23)c1.[Zn]. The van der Waals surface area contributed by atoms with E-state index in [1.807, 2.05) is 66.7 Å². The maximum atomic E-state index is 10.5. The fraction of sp³-hybridized carbons (Fsp3) is 0.176. The normalized spacial score (nSPS) is 12.4. The first-order valence-electron chi connectivity index (χ1n) is 12.8. The van der Waals surface area contributed by atoms with Crippen molar-refractivity contribution in [2.45, 2.75) is 38.8 Å². The predicted octanol–water partition coefficient (Wildman–Crippen LogP) is 8.11. The van der Waals surface area contributed by atoms with Crippen LogP contribution < -0.4 is 0 Å². The number of aromatic hydroxyl groups is 2. The van der Waals surface area contributed by atoms with Gasteiger partial charge in [-0.15, -0.1) is 0 Å². The molecule has 0 aromatic heterocycles. The Bertz CT molecular complexity index is 1580. The summed E-state index contributed by atoms with van der Waals surface area (Å²) in [7, 11) is 0. The molecule has 0 heterocycles. The second-order valence-electron chi connectivity index (χ2n) is 10.7. The topological polar surface area (TPSA) is 65.2 Å². The van der Waals surface area contributed by atoms with Crippen LogP contribution in [0.3, 0.4) is 0 Å². The average Bonchev–Trinajstić information content (AvgIpc) is 2.92. The molecule has 0 aliphatic heterocycles. The Morgan fingerprint density at radius 2 is 0.949 bits per heavy atom. The van der Waals surface area contributed by atoms with Crippen LogP contribution in [0.25, 0.3) is 21.5 Å². The van der Waals surface area contributed by atoms with Gasteiger partial charge in [-0.25, -0.2) is 0 Å². The summed E-state index contributed by atoms with van der Waals surface area (Å²) in [6, 6.07) is 31.5. The molecule has 0 amide bonds. The van der Waals surface area contributed by atoms with Crippen molar-refractivity contribution in [2.24, 2.45) is 9.98 Å². The van der Waals surface area contributed by atoms with Gasteiger partial charge in [-0.1, -0.05) is 84.9 Å². The molecule has 4 nitrogen and oxygen atoms in total. The van der Waals surface area contributed by atoms with E-state index >= 15 is 0 Å². The third-order valence-electron chi connectivity index (χ3n) is 7.20. The van der Waals surface area contributed by atoms with Gasteiger partial charge in [-0.2, -0.15) is 0 Å². The van der Waals surface area contributed by atoms with E-state index in [4.69, 9.17) is 9.98 Å². The zero-order valence-electron chi connectivity index (χ0n) is 22.9. The minimum Gasteiger partial charge on any atom is -0.507 e. The van der Waals surface area contributed by atoms with Gasteiger partial charge in [0.2, 0.25) is 0 Å². The molecule has 192 valence electrons. The van der Waals surface area contributed by atoms with Crippen LogP contribution in [0.2, 0.25) is 0 Å². The molecule has 2 N–H and O–H groups in total. The Balaban J connectivity index is 0.00000353. The second-order valence-corrected chi connectivity index (χ2v) is 10.7. The van der Waals surface area contributed by atoms with Crippen molar-refractivity contribution >= 4 is 34.0 Å². The van der Waals surface area contributed by atoms with Gasteiger partial charge in [-0.3, -0.25) is 9.98 Å². The summed E-state index contributed by atoms with van der Waals surface area (Å²) in [6.07, 6.45) is 3.55. The minimum atomic E-state index is -0.535. The van der Waals surface area contributed by atoms with E-state index in [1.165, 1.54) is 0 Å². The van der Waals surface area contributed by atoms with Gasteiger partial charge in [-0.05, 0) is 72.5 Å². The molecule has 0 aliphatic rings. The molecule has 0 saturated carbocycles. The molecule has 0 saturated heterocycles. The molecule has 0 aliphatic carbocycles. The maximum absolute atomic E-state index is 10.5. The van der Waals surface area contributed by atoms with Gasteiger partial charge < -0.3 is 10.2 Å². The Labute approximate surface area is 242 Å². The first-order valence-corrected chi connectivity index (χ1v) is 12.8. The van der Waals surface area contributed by atoms with E-state index in [0.29, 0.717) is 11.1 Å². The van der Waals surface area contributed by atoms with Crippen LogP contribution in [-0.4, -0.2) is 22.6 Å². The molecule has 5 heteroatoms. The minimum absolute atomic E-state index is 0. The van der Waals surface area contributed by atoms with Crippen molar-refractivity contribution in [3.63, 3.8) is 0 Å². The summed E-state index contributed by atoms with van der Waals surface area (Å²) in [5.41, 5.74) is 2.45. The molecule has 5 rings (SSSR count). The molecule has 0 radical (unpaired) electrons. The Morgan fingerprint density at radius 1 is 0.538 bits per heavy atom. The summed E-state index contributed by atoms with van der Waals surface area (Å²) >= 11 is 0. The monoisotopic (exact) mass is 564 g/mol. The Kier molecular flexibility index (Phi) is 8.04. The molecule has 0 spiro atoms. The molecular weight excluding hydrogens is 534 g/mol. The number of rotatable bonds is 6. The van der Waals surface area contributed by atoms with Gasteiger partial charge in [0.25, 0.3) is 0 Å². The van der Waals surface area contributed by atoms with Crippen molar-refractivity contribution in [3.05, 3.63) is 119 Å². The van der Waals surface area contributed by atoms with Crippen molar-refractivity contribution < 1.29 is 29.7 Å². The fourth-order valence-electron chi connectivity index (χ4n) is 4.72. The molecule has 0 atom stereocenters. The number of hydrogen-bond donors (Lipinski definition) is 2. The fourth-order valence-corrected chi connectivity index (χ4v) is 4.72. The number of fused-ring (bicyclic) bond motifs is 2. The van der Waals surface area contributed by atoms with E-state index in [9.17, 15) is 10.2 Å². The van der Waals surface area contributed by atoms with Crippen LogP contribution in [0.5, 0.6) is 11.5 Å². The van der Waals surface area contributed by atoms with E-state index < -0.39 is 11.1 Å². The molecule has 0 bridgehead atoms. The predicted molar refractivity (Wildman–Crippen MR) is 159 cm³/mol. The standard InChI is InChI=1S/C34H32N2O2.Zn/c1-33(2,35-21-29-27-14-7-5-10-23(27)16-18-31(29)37)25-12-9-13-26(20-25)34(3,4)36-22-30-28-15-8-6-11-24(28)17-19-32(30)38;/h5-22,37-38H,1-4H3;. The van der Waals surface area contributed by atoms with Crippen LogP contribution in [0.1, 0.15) is 49.9 Å². The third-order valence-corrected chi connectivity index (χ3v) is 7.20. The Morgan fingerprint density at radius 3 is 1.38 bits per heavy atom. The zero-order valence-corrected chi connectivity index (χ0v) is 25.9. The third kappa shape index (κ3) is 5.79. The smallest absolute Gasteiger partial charge is 0.124 e. The van der Waals surface area contributed by atoms with Crippen LogP contribution >= 0.6 is 0 Å². The van der Waals surface area contributed by atoms with Gasteiger partial charge in [0, 0.05) is 43.0 Å².